The summed E-state index contributed by atoms with van der Waals surface area (Å²) in [5, 5.41) is 20.0. The van der Waals surface area contributed by atoms with E-state index in [-0.39, 0.29) is 0 Å². The van der Waals surface area contributed by atoms with E-state index in [9.17, 15) is 10.2 Å². The molecule has 2 N–H and O–H groups in total. The van der Waals surface area contributed by atoms with E-state index in [0.29, 0.717) is 5.92 Å². The van der Waals surface area contributed by atoms with Crippen molar-refractivity contribution in [3.63, 3.8) is 0 Å². The number of hydrogen-bond donors (Lipinski definition) is 2. The lowest BCUT2D eigenvalue weighted by molar-refractivity contribution is -0.00847. The van der Waals surface area contributed by atoms with Gasteiger partial charge in [-0.1, -0.05) is 25.3 Å². The zero-order valence-corrected chi connectivity index (χ0v) is 10.2. The van der Waals surface area contributed by atoms with Crippen LogP contribution in [0.3, 0.4) is 0 Å². The van der Waals surface area contributed by atoms with Crippen LogP contribution in [0.15, 0.2) is 23.3 Å². The average molecular weight is 222 g/mol. The smallest absolute Gasteiger partial charge is 0.110 e. The molecule has 2 unspecified atom stereocenters. The average Bonchev–Trinajstić information content (AvgIpc) is 2.26. The van der Waals surface area contributed by atoms with Crippen LogP contribution in [-0.2, 0) is 0 Å². The van der Waals surface area contributed by atoms with Crippen LogP contribution >= 0.6 is 0 Å². The third-order valence-electron chi connectivity index (χ3n) is 3.91. The first-order valence-corrected chi connectivity index (χ1v) is 6.32. The van der Waals surface area contributed by atoms with Gasteiger partial charge < -0.3 is 10.2 Å². The third-order valence-corrected chi connectivity index (χ3v) is 3.91. The summed E-state index contributed by atoms with van der Waals surface area (Å²) < 4.78 is 0. The first-order chi connectivity index (χ1) is 7.50. The Labute approximate surface area is 97.7 Å². The van der Waals surface area contributed by atoms with Crippen molar-refractivity contribution in [1.29, 1.82) is 0 Å². The molecular weight excluding hydrogens is 200 g/mol. The Hall–Kier alpha value is -0.600. The summed E-state index contributed by atoms with van der Waals surface area (Å²) in [7, 11) is 0. The molecule has 0 spiro atoms. The van der Waals surface area contributed by atoms with Gasteiger partial charge in [0, 0.05) is 0 Å². The molecule has 2 aliphatic rings. The Morgan fingerprint density at radius 2 is 1.88 bits per heavy atom. The summed E-state index contributed by atoms with van der Waals surface area (Å²) in [6.07, 6.45) is 9.55. The van der Waals surface area contributed by atoms with Crippen molar-refractivity contribution in [2.75, 3.05) is 0 Å². The van der Waals surface area contributed by atoms with Gasteiger partial charge in [0.2, 0.25) is 0 Å². The van der Waals surface area contributed by atoms with Gasteiger partial charge in [-0.25, -0.2) is 0 Å². The molecular formula is C14H22O2. The first-order valence-electron chi connectivity index (χ1n) is 6.32. The fraction of sp³-hybridized carbons (Fsp3) is 0.714. The molecule has 0 radical (unpaired) electrons. The predicted molar refractivity (Wildman–Crippen MR) is 65.0 cm³/mol. The van der Waals surface area contributed by atoms with Crippen molar-refractivity contribution in [2.45, 2.75) is 57.7 Å². The molecule has 2 nitrogen and oxygen atoms in total. The molecule has 2 aliphatic carbocycles. The molecule has 0 heterocycles. The molecule has 0 amide bonds. The normalized spacial score (nSPS) is 36.9. The second-order valence-corrected chi connectivity index (χ2v) is 5.50. The van der Waals surface area contributed by atoms with Gasteiger partial charge in [0.15, 0.2) is 0 Å². The van der Waals surface area contributed by atoms with Crippen LogP contribution < -0.4 is 0 Å². The summed E-state index contributed by atoms with van der Waals surface area (Å²) in [4.78, 5) is 0. The predicted octanol–water partition coefficient (Wildman–Crippen LogP) is 2.56. The maximum atomic E-state index is 10.1. The minimum Gasteiger partial charge on any atom is -0.385 e. The zero-order chi connectivity index (χ0) is 11.8. The van der Waals surface area contributed by atoms with E-state index in [0.717, 1.165) is 5.57 Å². The molecule has 16 heavy (non-hydrogen) atoms. The van der Waals surface area contributed by atoms with Crippen LogP contribution in [0.2, 0.25) is 0 Å². The first kappa shape index (κ1) is 11.9. The Morgan fingerprint density at radius 3 is 2.44 bits per heavy atom. The number of aliphatic hydroxyl groups is 2. The molecule has 1 saturated carbocycles. The molecule has 0 aliphatic heterocycles. The summed E-state index contributed by atoms with van der Waals surface area (Å²) in [6.45, 7) is 3.59. The molecule has 2 heteroatoms. The number of rotatable bonds is 1. The van der Waals surface area contributed by atoms with Crippen LogP contribution in [-0.4, -0.2) is 21.9 Å². The van der Waals surface area contributed by atoms with E-state index in [2.05, 4.69) is 6.08 Å². The van der Waals surface area contributed by atoms with Crippen LogP contribution in [0.25, 0.3) is 0 Å². The lowest BCUT2D eigenvalue weighted by Crippen LogP contribution is -2.40. The largest absolute Gasteiger partial charge is 0.385 e. The van der Waals surface area contributed by atoms with Crippen molar-refractivity contribution in [3.05, 3.63) is 23.3 Å². The maximum absolute atomic E-state index is 10.1. The number of allylic oxidation sites excluding steroid dienone is 2. The van der Waals surface area contributed by atoms with Gasteiger partial charge in [-0.3, -0.25) is 0 Å². The lowest BCUT2D eigenvalue weighted by atomic mass is 9.77. The molecule has 0 aromatic heterocycles. The van der Waals surface area contributed by atoms with E-state index in [1.807, 2.05) is 13.0 Å². The molecule has 0 aromatic carbocycles. The van der Waals surface area contributed by atoms with Gasteiger partial charge in [-0.2, -0.15) is 0 Å². The van der Waals surface area contributed by atoms with Crippen molar-refractivity contribution in [3.8, 4) is 0 Å². The highest BCUT2D eigenvalue weighted by molar-refractivity contribution is 5.37. The highest BCUT2D eigenvalue weighted by atomic mass is 16.3. The van der Waals surface area contributed by atoms with Gasteiger partial charge in [0.05, 0.1) is 0 Å². The Bertz CT molecular complexity index is 320. The van der Waals surface area contributed by atoms with Gasteiger partial charge in [-0.15, -0.1) is 0 Å². The van der Waals surface area contributed by atoms with Gasteiger partial charge in [0.1, 0.15) is 11.7 Å². The molecule has 0 bridgehead atoms. The summed E-state index contributed by atoms with van der Waals surface area (Å²) >= 11 is 0. The van der Waals surface area contributed by atoms with Crippen LogP contribution in [0.1, 0.15) is 46.0 Å². The van der Waals surface area contributed by atoms with Crippen molar-refractivity contribution in [2.24, 2.45) is 5.92 Å². The fourth-order valence-corrected chi connectivity index (χ4v) is 2.93. The Morgan fingerprint density at radius 1 is 1.25 bits per heavy atom. The minimum absolute atomic E-state index is 0.586. The standard InChI is InChI=1S/C14H22O2/c1-10-8-12(9-14(2,16)13(10)15)11-6-4-3-5-7-11/h8-9,11,13,15-16H,3-7H2,1-2H3. The molecule has 0 saturated heterocycles. The van der Waals surface area contributed by atoms with Crippen molar-refractivity contribution in [1.82, 2.24) is 0 Å². The second kappa shape index (κ2) is 4.34. The molecule has 1 fully saturated rings. The third kappa shape index (κ3) is 2.23. The SMILES string of the molecule is CC1=CC(C2CCCCC2)=CC(C)(O)C1O. The molecule has 90 valence electrons. The monoisotopic (exact) mass is 222 g/mol. The lowest BCUT2D eigenvalue weighted by Gasteiger charge is -2.34. The topological polar surface area (TPSA) is 40.5 Å². The number of hydrogen-bond acceptors (Lipinski definition) is 2. The van der Waals surface area contributed by atoms with Crippen LogP contribution in [0.5, 0.6) is 0 Å². The van der Waals surface area contributed by atoms with Crippen LogP contribution in [0.4, 0.5) is 0 Å². The maximum Gasteiger partial charge on any atom is 0.110 e. The quantitative estimate of drug-likeness (QED) is 0.716. The van der Waals surface area contributed by atoms with Crippen LogP contribution in [0, 0.1) is 5.92 Å². The fourth-order valence-electron chi connectivity index (χ4n) is 2.93. The molecule has 0 aromatic rings. The summed E-state index contributed by atoms with van der Waals surface area (Å²) in [6, 6.07) is 0. The minimum atomic E-state index is -1.09. The molecule has 2 atom stereocenters. The van der Waals surface area contributed by atoms with E-state index >= 15 is 0 Å². The van der Waals surface area contributed by atoms with Gasteiger partial charge >= 0.3 is 0 Å². The van der Waals surface area contributed by atoms with Gasteiger partial charge in [-0.05, 0) is 49.8 Å². The summed E-state index contributed by atoms with van der Waals surface area (Å²) in [5.41, 5.74) is 1.02. The number of aliphatic hydroxyl groups excluding tert-OH is 1. The van der Waals surface area contributed by atoms with Crippen molar-refractivity contribution >= 4 is 0 Å². The summed E-state index contributed by atoms with van der Waals surface area (Å²) in [5.74, 6) is 0.586. The van der Waals surface area contributed by atoms with E-state index in [4.69, 9.17) is 0 Å². The highest BCUT2D eigenvalue weighted by Gasteiger charge is 2.34. The Balaban J connectivity index is 2.21. The molecule has 2 rings (SSSR count). The van der Waals surface area contributed by atoms with E-state index < -0.39 is 11.7 Å². The van der Waals surface area contributed by atoms with E-state index in [1.54, 1.807) is 6.92 Å². The Kier molecular flexibility index (Phi) is 3.22. The van der Waals surface area contributed by atoms with E-state index in [1.165, 1.54) is 37.7 Å². The van der Waals surface area contributed by atoms with Crippen molar-refractivity contribution < 1.29 is 10.2 Å². The highest BCUT2D eigenvalue weighted by Crippen LogP contribution is 2.36. The van der Waals surface area contributed by atoms with Gasteiger partial charge in [0.25, 0.3) is 0 Å². The zero-order valence-electron chi connectivity index (χ0n) is 10.2. The second-order valence-electron chi connectivity index (χ2n) is 5.50.